The highest BCUT2D eigenvalue weighted by molar-refractivity contribution is 14.1. The SMILES string of the molecule is CC(=O)NCCCCCI. The molecular formula is C7H14INO. The predicted octanol–water partition coefficient (Wildman–Crippen LogP) is 1.73. The van der Waals surface area contributed by atoms with Crippen LogP contribution in [-0.2, 0) is 4.79 Å². The molecule has 0 rings (SSSR count). The molecule has 0 fully saturated rings. The molecule has 0 aliphatic carbocycles. The van der Waals surface area contributed by atoms with Crippen LogP contribution in [0, 0.1) is 0 Å². The molecule has 1 N–H and O–H groups in total. The van der Waals surface area contributed by atoms with Crippen molar-refractivity contribution in [1.82, 2.24) is 5.32 Å². The van der Waals surface area contributed by atoms with Crippen molar-refractivity contribution in [1.29, 1.82) is 0 Å². The van der Waals surface area contributed by atoms with E-state index in [0.29, 0.717) is 0 Å². The molecule has 10 heavy (non-hydrogen) atoms. The van der Waals surface area contributed by atoms with Crippen LogP contribution in [0.25, 0.3) is 0 Å². The molecule has 3 heteroatoms. The first-order chi connectivity index (χ1) is 4.77. The van der Waals surface area contributed by atoms with Gasteiger partial charge in [-0.15, -0.1) is 0 Å². The van der Waals surface area contributed by atoms with Crippen molar-refractivity contribution in [3.05, 3.63) is 0 Å². The summed E-state index contributed by atoms with van der Waals surface area (Å²) < 4.78 is 1.22. The first-order valence-electron chi connectivity index (χ1n) is 3.57. The van der Waals surface area contributed by atoms with Crippen molar-refractivity contribution < 1.29 is 4.79 Å². The second kappa shape index (κ2) is 7.31. The minimum absolute atomic E-state index is 0.0782. The summed E-state index contributed by atoms with van der Waals surface area (Å²) in [5, 5.41) is 2.76. The molecule has 1 amide bonds. The highest BCUT2D eigenvalue weighted by Crippen LogP contribution is 1.97. The van der Waals surface area contributed by atoms with Crippen LogP contribution in [0.3, 0.4) is 0 Å². The van der Waals surface area contributed by atoms with Crippen molar-refractivity contribution in [3.8, 4) is 0 Å². The number of rotatable bonds is 5. The van der Waals surface area contributed by atoms with Gasteiger partial charge in [-0.3, -0.25) is 4.79 Å². The molecule has 0 heterocycles. The van der Waals surface area contributed by atoms with Crippen LogP contribution in [0.15, 0.2) is 0 Å². The molecule has 0 unspecified atom stereocenters. The zero-order valence-corrected chi connectivity index (χ0v) is 8.48. The number of nitrogens with one attached hydrogen (secondary N) is 1. The number of carbonyl (C=O) groups excluding carboxylic acids is 1. The minimum Gasteiger partial charge on any atom is -0.356 e. The quantitative estimate of drug-likeness (QED) is 0.452. The summed E-state index contributed by atoms with van der Waals surface area (Å²) in [6.07, 6.45) is 3.60. The lowest BCUT2D eigenvalue weighted by atomic mass is 10.2. The number of carbonyl (C=O) groups is 1. The molecule has 0 aromatic heterocycles. The lowest BCUT2D eigenvalue weighted by molar-refractivity contribution is -0.118. The van der Waals surface area contributed by atoms with Crippen LogP contribution in [0.2, 0.25) is 0 Å². The normalized spacial score (nSPS) is 9.40. The zero-order valence-electron chi connectivity index (χ0n) is 6.32. The number of alkyl halides is 1. The Morgan fingerprint density at radius 2 is 2.10 bits per heavy atom. The van der Waals surface area contributed by atoms with Crippen LogP contribution in [0.4, 0.5) is 0 Å². The first-order valence-corrected chi connectivity index (χ1v) is 5.10. The van der Waals surface area contributed by atoms with Gasteiger partial charge in [0.2, 0.25) is 5.91 Å². The van der Waals surface area contributed by atoms with E-state index >= 15 is 0 Å². The van der Waals surface area contributed by atoms with E-state index in [-0.39, 0.29) is 5.91 Å². The Hall–Kier alpha value is 0.200. The third kappa shape index (κ3) is 8.20. The van der Waals surface area contributed by atoms with Gasteiger partial charge in [0.25, 0.3) is 0 Å². The Labute approximate surface area is 75.9 Å². The Kier molecular flexibility index (Phi) is 7.45. The van der Waals surface area contributed by atoms with Crippen molar-refractivity contribution in [2.24, 2.45) is 0 Å². The molecule has 0 aromatic carbocycles. The second-order valence-electron chi connectivity index (χ2n) is 2.23. The number of halogens is 1. The van der Waals surface area contributed by atoms with E-state index in [1.807, 2.05) is 0 Å². The van der Waals surface area contributed by atoms with E-state index in [1.54, 1.807) is 6.92 Å². The minimum atomic E-state index is 0.0782. The number of hydrogen-bond donors (Lipinski definition) is 1. The highest BCUT2D eigenvalue weighted by Gasteiger charge is 1.89. The fraction of sp³-hybridized carbons (Fsp3) is 0.857. The van der Waals surface area contributed by atoms with Crippen molar-refractivity contribution in [2.45, 2.75) is 26.2 Å². The molecule has 0 spiro atoms. The topological polar surface area (TPSA) is 29.1 Å². The smallest absolute Gasteiger partial charge is 0.216 e. The highest BCUT2D eigenvalue weighted by atomic mass is 127. The Morgan fingerprint density at radius 1 is 1.40 bits per heavy atom. The van der Waals surface area contributed by atoms with Gasteiger partial charge in [-0.2, -0.15) is 0 Å². The van der Waals surface area contributed by atoms with Gasteiger partial charge in [0, 0.05) is 13.5 Å². The van der Waals surface area contributed by atoms with Crippen LogP contribution < -0.4 is 5.32 Å². The predicted molar refractivity (Wildman–Crippen MR) is 51.4 cm³/mol. The van der Waals surface area contributed by atoms with E-state index in [2.05, 4.69) is 27.9 Å². The summed E-state index contributed by atoms with van der Waals surface area (Å²) in [5.41, 5.74) is 0. The van der Waals surface area contributed by atoms with E-state index in [9.17, 15) is 4.79 Å². The summed E-state index contributed by atoms with van der Waals surface area (Å²) in [6.45, 7) is 2.39. The maximum atomic E-state index is 10.4. The summed E-state index contributed by atoms with van der Waals surface area (Å²) in [7, 11) is 0. The molecule has 0 aliphatic heterocycles. The fourth-order valence-corrected chi connectivity index (χ4v) is 1.20. The monoisotopic (exact) mass is 255 g/mol. The van der Waals surface area contributed by atoms with E-state index in [0.717, 1.165) is 13.0 Å². The maximum absolute atomic E-state index is 10.4. The van der Waals surface area contributed by atoms with Crippen LogP contribution >= 0.6 is 22.6 Å². The van der Waals surface area contributed by atoms with Gasteiger partial charge in [0.1, 0.15) is 0 Å². The number of amides is 1. The first kappa shape index (κ1) is 10.2. The molecule has 0 atom stereocenters. The summed E-state index contributed by atoms with van der Waals surface area (Å²) in [6, 6.07) is 0. The van der Waals surface area contributed by atoms with Crippen molar-refractivity contribution in [3.63, 3.8) is 0 Å². The van der Waals surface area contributed by atoms with Gasteiger partial charge >= 0.3 is 0 Å². The van der Waals surface area contributed by atoms with Crippen molar-refractivity contribution >= 4 is 28.5 Å². The molecule has 60 valence electrons. The third-order valence-electron chi connectivity index (χ3n) is 1.18. The third-order valence-corrected chi connectivity index (χ3v) is 1.95. The molecular weight excluding hydrogens is 241 g/mol. The van der Waals surface area contributed by atoms with Crippen LogP contribution in [0.5, 0.6) is 0 Å². The molecule has 0 bridgehead atoms. The standard InChI is InChI=1S/C7H14INO/c1-7(10)9-6-4-2-3-5-8/h2-6H2,1H3,(H,9,10). The average Bonchev–Trinajstić information content (AvgIpc) is 1.87. The van der Waals surface area contributed by atoms with E-state index < -0.39 is 0 Å². The van der Waals surface area contributed by atoms with Gasteiger partial charge in [-0.1, -0.05) is 29.0 Å². The Bertz CT molecular complexity index is 95.6. The van der Waals surface area contributed by atoms with Gasteiger partial charge in [0.15, 0.2) is 0 Å². The van der Waals surface area contributed by atoms with Gasteiger partial charge in [-0.25, -0.2) is 0 Å². The molecule has 0 saturated carbocycles. The molecule has 0 radical (unpaired) electrons. The second-order valence-corrected chi connectivity index (χ2v) is 3.31. The van der Waals surface area contributed by atoms with Gasteiger partial charge in [-0.05, 0) is 17.3 Å². The molecule has 0 aromatic rings. The van der Waals surface area contributed by atoms with Gasteiger partial charge in [0.05, 0.1) is 0 Å². The summed E-state index contributed by atoms with van der Waals surface area (Å²) in [5.74, 6) is 0.0782. The lowest BCUT2D eigenvalue weighted by Gasteiger charge is -1.99. The van der Waals surface area contributed by atoms with E-state index in [4.69, 9.17) is 0 Å². The summed E-state index contributed by atoms with van der Waals surface area (Å²) >= 11 is 2.37. The van der Waals surface area contributed by atoms with Crippen molar-refractivity contribution in [2.75, 3.05) is 11.0 Å². The molecule has 0 saturated heterocycles. The average molecular weight is 255 g/mol. The van der Waals surface area contributed by atoms with E-state index in [1.165, 1.54) is 17.3 Å². The molecule has 0 aliphatic rings. The zero-order chi connectivity index (χ0) is 7.82. The number of unbranched alkanes of at least 4 members (excludes halogenated alkanes) is 2. The van der Waals surface area contributed by atoms with Crippen LogP contribution in [-0.4, -0.2) is 16.9 Å². The number of hydrogen-bond acceptors (Lipinski definition) is 1. The summed E-state index contributed by atoms with van der Waals surface area (Å²) in [4.78, 5) is 10.4. The largest absolute Gasteiger partial charge is 0.356 e. The molecule has 2 nitrogen and oxygen atoms in total. The Balaban J connectivity index is 2.84. The Morgan fingerprint density at radius 3 is 2.60 bits per heavy atom. The van der Waals surface area contributed by atoms with Gasteiger partial charge < -0.3 is 5.32 Å². The maximum Gasteiger partial charge on any atom is 0.216 e. The lowest BCUT2D eigenvalue weighted by Crippen LogP contribution is -2.20. The van der Waals surface area contributed by atoms with Crippen LogP contribution in [0.1, 0.15) is 26.2 Å². The fourth-order valence-electron chi connectivity index (χ4n) is 0.661.